The molecule has 3 N–H and O–H groups in total. The van der Waals surface area contributed by atoms with Crippen molar-refractivity contribution in [2.75, 3.05) is 6.54 Å². The van der Waals surface area contributed by atoms with Gasteiger partial charge in [-0.3, -0.25) is 0 Å². The highest BCUT2D eigenvalue weighted by atomic mass is 19.1. The Bertz CT molecular complexity index is 326. The van der Waals surface area contributed by atoms with Crippen molar-refractivity contribution in [3.8, 4) is 0 Å². The molecule has 0 saturated heterocycles. The minimum atomic E-state index is -0.449. The molecule has 0 aliphatic rings. The van der Waals surface area contributed by atoms with Crippen molar-refractivity contribution in [1.29, 1.82) is 0 Å². The molecule has 0 fully saturated rings. The van der Waals surface area contributed by atoms with Gasteiger partial charge in [-0.05, 0) is 18.2 Å². The lowest BCUT2D eigenvalue weighted by Gasteiger charge is -2.20. The van der Waals surface area contributed by atoms with E-state index in [0.717, 1.165) is 12.1 Å². The number of halogens is 2. The van der Waals surface area contributed by atoms with Crippen LogP contribution in [0.4, 0.5) is 8.78 Å². The van der Waals surface area contributed by atoms with Gasteiger partial charge in [-0.1, -0.05) is 13.8 Å². The maximum absolute atomic E-state index is 13.4. The van der Waals surface area contributed by atoms with Gasteiger partial charge in [0.05, 0.1) is 0 Å². The van der Waals surface area contributed by atoms with E-state index < -0.39 is 11.6 Å². The standard InChI is InChI=1S/C11H16F2N2/c1-7(2)15-11(6-14)9-5-8(12)3-4-10(9)13/h3-5,7,11,15H,6,14H2,1-2H3. The van der Waals surface area contributed by atoms with Crippen LogP contribution in [-0.4, -0.2) is 12.6 Å². The third kappa shape index (κ3) is 3.25. The summed E-state index contributed by atoms with van der Waals surface area (Å²) in [7, 11) is 0. The van der Waals surface area contributed by atoms with Crippen LogP contribution in [0.2, 0.25) is 0 Å². The van der Waals surface area contributed by atoms with E-state index in [1.807, 2.05) is 13.8 Å². The fourth-order valence-electron chi connectivity index (χ4n) is 1.47. The van der Waals surface area contributed by atoms with Crippen molar-refractivity contribution >= 4 is 0 Å². The van der Waals surface area contributed by atoms with Gasteiger partial charge in [-0.2, -0.15) is 0 Å². The molecule has 0 heterocycles. The maximum atomic E-state index is 13.4. The molecule has 0 bridgehead atoms. The predicted molar refractivity (Wildman–Crippen MR) is 56.4 cm³/mol. The molecule has 1 rings (SSSR count). The van der Waals surface area contributed by atoms with Gasteiger partial charge in [0, 0.05) is 24.2 Å². The van der Waals surface area contributed by atoms with Gasteiger partial charge in [-0.15, -0.1) is 0 Å². The van der Waals surface area contributed by atoms with Crippen LogP contribution in [0.3, 0.4) is 0 Å². The fraction of sp³-hybridized carbons (Fsp3) is 0.455. The molecule has 0 aliphatic carbocycles. The number of hydrogen-bond acceptors (Lipinski definition) is 2. The second kappa shape index (κ2) is 5.19. The number of nitrogens with one attached hydrogen (secondary N) is 1. The number of nitrogens with two attached hydrogens (primary N) is 1. The van der Waals surface area contributed by atoms with Crippen LogP contribution in [0.5, 0.6) is 0 Å². The van der Waals surface area contributed by atoms with Crippen molar-refractivity contribution in [3.63, 3.8) is 0 Å². The van der Waals surface area contributed by atoms with Crippen LogP contribution in [-0.2, 0) is 0 Å². The molecule has 0 amide bonds. The molecule has 1 aromatic rings. The summed E-state index contributed by atoms with van der Waals surface area (Å²) < 4.78 is 26.3. The first-order valence-corrected chi connectivity index (χ1v) is 4.95. The van der Waals surface area contributed by atoms with Gasteiger partial charge in [0.2, 0.25) is 0 Å². The van der Waals surface area contributed by atoms with Gasteiger partial charge in [0.15, 0.2) is 0 Å². The lowest BCUT2D eigenvalue weighted by molar-refractivity contribution is 0.460. The van der Waals surface area contributed by atoms with Gasteiger partial charge < -0.3 is 11.1 Å². The van der Waals surface area contributed by atoms with E-state index in [9.17, 15) is 8.78 Å². The molecule has 0 saturated carbocycles. The summed E-state index contributed by atoms with van der Waals surface area (Å²) in [5.41, 5.74) is 5.80. The number of hydrogen-bond donors (Lipinski definition) is 2. The molecule has 0 aromatic heterocycles. The Hall–Kier alpha value is -1.00. The number of benzene rings is 1. The van der Waals surface area contributed by atoms with Crippen molar-refractivity contribution in [2.24, 2.45) is 5.73 Å². The minimum Gasteiger partial charge on any atom is -0.329 e. The van der Waals surface area contributed by atoms with Crippen LogP contribution in [0.15, 0.2) is 18.2 Å². The van der Waals surface area contributed by atoms with Crippen LogP contribution in [0.1, 0.15) is 25.5 Å². The summed E-state index contributed by atoms with van der Waals surface area (Å²) in [5.74, 6) is -0.879. The maximum Gasteiger partial charge on any atom is 0.128 e. The molecular formula is C11H16F2N2. The number of rotatable bonds is 4. The SMILES string of the molecule is CC(C)NC(CN)c1cc(F)ccc1F. The van der Waals surface area contributed by atoms with E-state index in [1.54, 1.807) is 0 Å². The summed E-state index contributed by atoms with van der Waals surface area (Å²) in [6.07, 6.45) is 0. The highest BCUT2D eigenvalue weighted by Crippen LogP contribution is 2.18. The van der Waals surface area contributed by atoms with Crippen molar-refractivity contribution < 1.29 is 8.78 Å². The Labute approximate surface area is 88.5 Å². The van der Waals surface area contributed by atoms with E-state index in [-0.39, 0.29) is 24.2 Å². The first-order valence-electron chi connectivity index (χ1n) is 4.95. The summed E-state index contributed by atoms with van der Waals surface area (Å²) in [6, 6.07) is 3.22. The summed E-state index contributed by atoms with van der Waals surface area (Å²) in [4.78, 5) is 0. The molecule has 0 spiro atoms. The van der Waals surface area contributed by atoms with Gasteiger partial charge in [0.1, 0.15) is 11.6 Å². The molecule has 0 radical (unpaired) electrons. The third-order valence-corrected chi connectivity index (χ3v) is 2.10. The first-order chi connectivity index (χ1) is 7.04. The van der Waals surface area contributed by atoms with Gasteiger partial charge in [0.25, 0.3) is 0 Å². The highest BCUT2D eigenvalue weighted by Gasteiger charge is 2.15. The molecule has 2 nitrogen and oxygen atoms in total. The lowest BCUT2D eigenvalue weighted by Crippen LogP contribution is -2.33. The van der Waals surface area contributed by atoms with Crippen LogP contribution >= 0.6 is 0 Å². The third-order valence-electron chi connectivity index (χ3n) is 2.10. The Kier molecular flexibility index (Phi) is 4.17. The fourth-order valence-corrected chi connectivity index (χ4v) is 1.47. The lowest BCUT2D eigenvalue weighted by atomic mass is 10.1. The topological polar surface area (TPSA) is 38.0 Å². The smallest absolute Gasteiger partial charge is 0.128 e. The van der Waals surface area contributed by atoms with Crippen LogP contribution in [0, 0.1) is 11.6 Å². The van der Waals surface area contributed by atoms with E-state index in [1.165, 1.54) is 6.07 Å². The van der Waals surface area contributed by atoms with Crippen LogP contribution in [0.25, 0.3) is 0 Å². The van der Waals surface area contributed by atoms with E-state index in [0.29, 0.717) is 0 Å². The predicted octanol–water partition coefficient (Wildman–Crippen LogP) is 1.96. The molecule has 1 atom stereocenters. The summed E-state index contributed by atoms with van der Waals surface area (Å²) in [6.45, 7) is 4.10. The van der Waals surface area contributed by atoms with E-state index >= 15 is 0 Å². The zero-order valence-electron chi connectivity index (χ0n) is 8.93. The molecule has 1 aromatic carbocycles. The zero-order valence-corrected chi connectivity index (χ0v) is 8.93. The van der Waals surface area contributed by atoms with E-state index in [4.69, 9.17) is 5.73 Å². The average molecular weight is 214 g/mol. The van der Waals surface area contributed by atoms with Gasteiger partial charge >= 0.3 is 0 Å². The Morgan fingerprint density at radius 3 is 2.53 bits per heavy atom. The largest absolute Gasteiger partial charge is 0.329 e. The Balaban J connectivity index is 2.95. The Morgan fingerprint density at radius 1 is 1.33 bits per heavy atom. The second-order valence-electron chi connectivity index (χ2n) is 3.78. The zero-order chi connectivity index (χ0) is 11.4. The molecule has 84 valence electrons. The van der Waals surface area contributed by atoms with E-state index in [2.05, 4.69) is 5.32 Å². The quantitative estimate of drug-likeness (QED) is 0.804. The summed E-state index contributed by atoms with van der Waals surface area (Å²) >= 11 is 0. The average Bonchev–Trinajstić information content (AvgIpc) is 2.18. The van der Waals surface area contributed by atoms with Crippen molar-refractivity contribution in [2.45, 2.75) is 25.9 Å². The molecule has 4 heteroatoms. The van der Waals surface area contributed by atoms with Gasteiger partial charge in [-0.25, -0.2) is 8.78 Å². The second-order valence-corrected chi connectivity index (χ2v) is 3.78. The summed E-state index contributed by atoms with van der Waals surface area (Å²) in [5, 5.41) is 3.08. The normalized spacial score (nSPS) is 13.2. The monoisotopic (exact) mass is 214 g/mol. The first kappa shape index (κ1) is 12.1. The molecular weight excluding hydrogens is 198 g/mol. The van der Waals surface area contributed by atoms with Crippen molar-refractivity contribution in [3.05, 3.63) is 35.4 Å². The van der Waals surface area contributed by atoms with Crippen LogP contribution < -0.4 is 11.1 Å². The van der Waals surface area contributed by atoms with Crippen molar-refractivity contribution in [1.82, 2.24) is 5.32 Å². The molecule has 0 aliphatic heterocycles. The minimum absolute atomic E-state index is 0.168. The Morgan fingerprint density at radius 2 is 2.00 bits per heavy atom. The molecule has 15 heavy (non-hydrogen) atoms. The molecule has 1 unspecified atom stereocenters. The highest BCUT2D eigenvalue weighted by molar-refractivity contribution is 5.22.